The molecule has 11 heavy (non-hydrogen) atoms. The van der Waals surface area contributed by atoms with E-state index in [9.17, 15) is 0 Å². The predicted octanol–water partition coefficient (Wildman–Crippen LogP) is 1.44. The number of aliphatic hydroxyl groups excluding tert-OH is 1. The highest BCUT2D eigenvalue weighted by atomic mass is 16.3. The first-order valence-electron chi connectivity index (χ1n) is 3.84. The van der Waals surface area contributed by atoms with Crippen LogP contribution in [0.25, 0.3) is 0 Å². The van der Waals surface area contributed by atoms with Gasteiger partial charge >= 0.3 is 0 Å². The maximum absolute atomic E-state index is 8.90. The number of aliphatic hydroxyl groups is 1. The summed E-state index contributed by atoms with van der Waals surface area (Å²) in [5.41, 5.74) is 2.96. The van der Waals surface area contributed by atoms with Gasteiger partial charge in [-0.3, -0.25) is 4.98 Å². The standard InChI is InChI=1S/C9H13NO/c1-3-9-8(6-11)5-4-7(2)10-9/h4-5,11H,3,6H2,1-2H3. The predicted molar refractivity (Wildman–Crippen MR) is 44.3 cm³/mol. The highest BCUT2D eigenvalue weighted by molar-refractivity contribution is 5.21. The van der Waals surface area contributed by atoms with E-state index in [1.807, 2.05) is 26.0 Å². The maximum Gasteiger partial charge on any atom is 0.0699 e. The molecule has 0 bridgehead atoms. The Morgan fingerprint density at radius 3 is 2.73 bits per heavy atom. The summed E-state index contributed by atoms with van der Waals surface area (Å²) < 4.78 is 0. The quantitative estimate of drug-likeness (QED) is 0.693. The fourth-order valence-electron chi connectivity index (χ4n) is 1.09. The van der Waals surface area contributed by atoms with Gasteiger partial charge in [0.25, 0.3) is 0 Å². The van der Waals surface area contributed by atoms with Crippen molar-refractivity contribution in [3.8, 4) is 0 Å². The van der Waals surface area contributed by atoms with Crippen LogP contribution in [0.1, 0.15) is 23.9 Å². The Hall–Kier alpha value is -0.890. The molecule has 2 heteroatoms. The zero-order valence-electron chi connectivity index (χ0n) is 6.96. The van der Waals surface area contributed by atoms with Crippen molar-refractivity contribution in [1.29, 1.82) is 0 Å². The highest BCUT2D eigenvalue weighted by Gasteiger charge is 1.99. The second kappa shape index (κ2) is 3.49. The Morgan fingerprint density at radius 1 is 1.45 bits per heavy atom. The number of hydrogen-bond donors (Lipinski definition) is 1. The van der Waals surface area contributed by atoms with E-state index in [1.165, 1.54) is 0 Å². The van der Waals surface area contributed by atoms with Crippen LogP contribution in [0.5, 0.6) is 0 Å². The summed E-state index contributed by atoms with van der Waals surface area (Å²) in [5, 5.41) is 8.90. The molecule has 1 aromatic heterocycles. The fraction of sp³-hybridized carbons (Fsp3) is 0.444. The normalized spacial score (nSPS) is 10.1. The Bertz CT molecular complexity index is 245. The van der Waals surface area contributed by atoms with Gasteiger partial charge in [0.1, 0.15) is 0 Å². The topological polar surface area (TPSA) is 33.1 Å². The monoisotopic (exact) mass is 151 g/mol. The minimum Gasteiger partial charge on any atom is -0.392 e. The van der Waals surface area contributed by atoms with Crippen LogP contribution in [0.3, 0.4) is 0 Å². The molecule has 1 rings (SSSR count). The first-order chi connectivity index (χ1) is 5.27. The van der Waals surface area contributed by atoms with Gasteiger partial charge in [-0.1, -0.05) is 13.0 Å². The zero-order valence-corrected chi connectivity index (χ0v) is 6.96. The molecule has 0 spiro atoms. The van der Waals surface area contributed by atoms with Gasteiger partial charge in [-0.05, 0) is 25.0 Å². The van der Waals surface area contributed by atoms with Crippen molar-refractivity contribution in [2.24, 2.45) is 0 Å². The maximum atomic E-state index is 8.90. The molecule has 0 aliphatic carbocycles. The molecule has 0 aliphatic rings. The average Bonchev–Trinajstić information content (AvgIpc) is 2.04. The van der Waals surface area contributed by atoms with Crippen LogP contribution in [0, 0.1) is 6.92 Å². The molecule has 0 aliphatic heterocycles. The van der Waals surface area contributed by atoms with Crippen LogP contribution in [0.15, 0.2) is 12.1 Å². The molecule has 0 radical (unpaired) electrons. The van der Waals surface area contributed by atoms with Crippen LogP contribution >= 0.6 is 0 Å². The van der Waals surface area contributed by atoms with Crippen LogP contribution in [0.4, 0.5) is 0 Å². The van der Waals surface area contributed by atoms with Gasteiger partial charge in [-0.2, -0.15) is 0 Å². The van der Waals surface area contributed by atoms with E-state index < -0.39 is 0 Å². The minimum atomic E-state index is 0.0937. The van der Waals surface area contributed by atoms with Crippen LogP contribution in [-0.2, 0) is 13.0 Å². The third-order valence-electron chi connectivity index (χ3n) is 1.71. The number of hydrogen-bond acceptors (Lipinski definition) is 2. The van der Waals surface area contributed by atoms with Crippen LogP contribution < -0.4 is 0 Å². The molecule has 0 unspecified atom stereocenters. The number of rotatable bonds is 2. The van der Waals surface area contributed by atoms with Gasteiger partial charge in [-0.15, -0.1) is 0 Å². The van der Waals surface area contributed by atoms with Crippen molar-refractivity contribution >= 4 is 0 Å². The second-order valence-electron chi connectivity index (χ2n) is 2.57. The average molecular weight is 151 g/mol. The van der Waals surface area contributed by atoms with Gasteiger partial charge in [0, 0.05) is 11.4 Å². The van der Waals surface area contributed by atoms with Gasteiger partial charge in [-0.25, -0.2) is 0 Å². The van der Waals surface area contributed by atoms with Gasteiger partial charge in [0.2, 0.25) is 0 Å². The molecule has 1 N–H and O–H groups in total. The largest absolute Gasteiger partial charge is 0.392 e. The smallest absolute Gasteiger partial charge is 0.0699 e. The lowest BCUT2D eigenvalue weighted by molar-refractivity contribution is 0.280. The summed E-state index contributed by atoms with van der Waals surface area (Å²) in [6, 6.07) is 3.85. The third-order valence-corrected chi connectivity index (χ3v) is 1.71. The SMILES string of the molecule is CCc1nc(C)ccc1CO. The molecule has 0 aromatic carbocycles. The van der Waals surface area contributed by atoms with E-state index in [2.05, 4.69) is 4.98 Å². The molecule has 0 amide bonds. The van der Waals surface area contributed by atoms with Crippen molar-refractivity contribution in [2.45, 2.75) is 26.9 Å². The Balaban J connectivity index is 3.06. The molecular formula is C9H13NO. The molecule has 2 nitrogen and oxygen atoms in total. The van der Waals surface area contributed by atoms with E-state index in [0.29, 0.717) is 0 Å². The third kappa shape index (κ3) is 1.77. The molecular weight excluding hydrogens is 138 g/mol. The highest BCUT2D eigenvalue weighted by Crippen LogP contribution is 2.07. The first-order valence-corrected chi connectivity index (χ1v) is 3.84. The molecule has 0 saturated heterocycles. The number of pyridine rings is 1. The number of aromatic nitrogens is 1. The van der Waals surface area contributed by atoms with E-state index in [1.54, 1.807) is 0 Å². The van der Waals surface area contributed by atoms with E-state index in [4.69, 9.17) is 5.11 Å². The Morgan fingerprint density at radius 2 is 2.18 bits per heavy atom. The van der Waals surface area contributed by atoms with Gasteiger partial charge < -0.3 is 5.11 Å². The number of nitrogens with zero attached hydrogens (tertiary/aromatic N) is 1. The van der Waals surface area contributed by atoms with Crippen molar-refractivity contribution in [3.63, 3.8) is 0 Å². The van der Waals surface area contributed by atoms with Gasteiger partial charge in [0.15, 0.2) is 0 Å². The van der Waals surface area contributed by atoms with E-state index in [0.717, 1.165) is 23.4 Å². The lowest BCUT2D eigenvalue weighted by Gasteiger charge is -2.03. The molecule has 60 valence electrons. The summed E-state index contributed by atoms with van der Waals surface area (Å²) in [7, 11) is 0. The lowest BCUT2D eigenvalue weighted by Crippen LogP contribution is -1.97. The lowest BCUT2D eigenvalue weighted by atomic mass is 10.1. The van der Waals surface area contributed by atoms with Crippen molar-refractivity contribution in [2.75, 3.05) is 0 Å². The summed E-state index contributed by atoms with van der Waals surface area (Å²) in [6.07, 6.45) is 0.886. The molecule has 1 heterocycles. The minimum absolute atomic E-state index is 0.0937. The number of aryl methyl sites for hydroxylation is 2. The fourth-order valence-corrected chi connectivity index (χ4v) is 1.09. The van der Waals surface area contributed by atoms with Gasteiger partial charge in [0.05, 0.1) is 6.61 Å². The van der Waals surface area contributed by atoms with E-state index >= 15 is 0 Å². The molecule has 0 atom stereocenters. The molecule has 0 fully saturated rings. The molecule has 1 aromatic rings. The van der Waals surface area contributed by atoms with Crippen LogP contribution in [-0.4, -0.2) is 10.1 Å². The van der Waals surface area contributed by atoms with Crippen molar-refractivity contribution in [3.05, 3.63) is 29.1 Å². The first kappa shape index (κ1) is 8.21. The summed E-state index contributed by atoms with van der Waals surface area (Å²) in [6.45, 7) is 4.09. The molecule has 0 saturated carbocycles. The van der Waals surface area contributed by atoms with Crippen LogP contribution in [0.2, 0.25) is 0 Å². The van der Waals surface area contributed by atoms with Crippen molar-refractivity contribution < 1.29 is 5.11 Å². The summed E-state index contributed by atoms with van der Waals surface area (Å²) in [5.74, 6) is 0. The Kier molecular flexibility index (Phi) is 2.60. The summed E-state index contributed by atoms with van der Waals surface area (Å²) in [4.78, 5) is 4.30. The second-order valence-corrected chi connectivity index (χ2v) is 2.57. The summed E-state index contributed by atoms with van der Waals surface area (Å²) >= 11 is 0. The Labute approximate surface area is 66.9 Å². The zero-order chi connectivity index (χ0) is 8.27. The van der Waals surface area contributed by atoms with Crippen molar-refractivity contribution in [1.82, 2.24) is 4.98 Å². The van der Waals surface area contributed by atoms with E-state index in [-0.39, 0.29) is 6.61 Å².